The van der Waals surface area contributed by atoms with Crippen LogP contribution in [0.4, 0.5) is 0 Å². The number of allylic oxidation sites excluding steroid dienone is 1. The Morgan fingerprint density at radius 1 is 1.21 bits per heavy atom. The molecular weight excluding hydrogens is 283 g/mol. The zero-order valence-electron chi connectivity index (χ0n) is 12.4. The van der Waals surface area contributed by atoms with Gasteiger partial charge in [0.15, 0.2) is 0 Å². The largest absolute Gasteiger partial charge is 1.00 e. The fraction of sp³-hybridized carbons (Fsp3) is 0.786. The molecule has 0 aromatic carbocycles. The Kier molecular flexibility index (Phi) is 14.1. The van der Waals surface area contributed by atoms with E-state index in [9.17, 15) is 4.79 Å². The van der Waals surface area contributed by atoms with Gasteiger partial charge in [0, 0.05) is 18.8 Å². The van der Waals surface area contributed by atoms with E-state index in [1.807, 2.05) is 6.08 Å². The van der Waals surface area contributed by atoms with Crippen LogP contribution in [-0.4, -0.2) is 49.0 Å². The summed E-state index contributed by atoms with van der Waals surface area (Å²) in [5.74, 6) is 0.551. The molecule has 3 nitrogen and oxygen atoms in total. The number of rotatable bonds is 10. The number of nitrogens with zero attached hydrogens (tertiary/aromatic N) is 1. The van der Waals surface area contributed by atoms with Gasteiger partial charge in [-0.15, -0.1) is 11.6 Å². The maximum atomic E-state index is 11.4. The molecule has 0 aliphatic rings. The Bertz CT molecular complexity index is 246. The van der Waals surface area contributed by atoms with Crippen molar-refractivity contribution in [2.75, 3.05) is 38.6 Å². The summed E-state index contributed by atoms with van der Waals surface area (Å²) < 4.78 is 1.14. The molecule has 114 valence electrons. The highest BCUT2D eigenvalue weighted by molar-refractivity contribution is 6.17. The Labute approximate surface area is 129 Å². The monoisotopic (exact) mass is 310 g/mol. The van der Waals surface area contributed by atoms with E-state index in [0.717, 1.165) is 50.0 Å². The fourth-order valence-corrected chi connectivity index (χ4v) is 2.21. The highest BCUT2D eigenvalue weighted by atomic mass is 35.5. The molecule has 0 heterocycles. The number of hydrogen-bond acceptors (Lipinski definition) is 1. The van der Waals surface area contributed by atoms with Crippen LogP contribution >= 0.6 is 11.6 Å². The number of halogens is 2. The van der Waals surface area contributed by atoms with E-state index in [4.69, 9.17) is 11.6 Å². The second kappa shape index (κ2) is 12.8. The lowest BCUT2D eigenvalue weighted by atomic mass is 10.2. The van der Waals surface area contributed by atoms with Crippen LogP contribution in [0.1, 0.15) is 33.6 Å². The van der Waals surface area contributed by atoms with Crippen molar-refractivity contribution in [3.8, 4) is 0 Å². The van der Waals surface area contributed by atoms with Crippen molar-refractivity contribution >= 4 is 17.5 Å². The van der Waals surface area contributed by atoms with E-state index < -0.39 is 0 Å². The van der Waals surface area contributed by atoms with Crippen LogP contribution in [0.5, 0.6) is 0 Å². The minimum Gasteiger partial charge on any atom is -1.00 e. The molecule has 0 unspecified atom stereocenters. The Morgan fingerprint density at radius 2 is 1.79 bits per heavy atom. The molecule has 0 spiro atoms. The summed E-state index contributed by atoms with van der Waals surface area (Å²) in [6.07, 6.45) is 5.16. The third-order valence-corrected chi connectivity index (χ3v) is 3.88. The number of carbonyl (C=O) groups is 1. The lowest BCUT2D eigenvalue weighted by Gasteiger charge is -2.35. The molecular formula is C14H28Cl2N2O. The summed E-state index contributed by atoms with van der Waals surface area (Å²) in [6, 6.07) is 0. The van der Waals surface area contributed by atoms with Crippen LogP contribution < -0.4 is 17.7 Å². The molecule has 0 aliphatic heterocycles. The summed E-state index contributed by atoms with van der Waals surface area (Å²) in [6.45, 7) is 12.1. The summed E-state index contributed by atoms with van der Waals surface area (Å²) in [4.78, 5) is 11.4. The second-order valence-electron chi connectivity index (χ2n) is 4.54. The fourth-order valence-electron chi connectivity index (χ4n) is 2.08. The summed E-state index contributed by atoms with van der Waals surface area (Å²) in [5, 5.41) is 2.91. The highest BCUT2D eigenvalue weighted by Gasteiger charge is 2.19. The van der Waals surface area contributed by atoms with Crippen molar-refractivity contribution in [1.82, 2.24) is 5.32 Å². The molecule has 0 aliphatic carbocycles. The molecule has 0 fully saturated rings. The topological polar surface area (TPSA) is 29.1 Å². The number of nitrogens with one attached hydrogen (secondary N) is 1. The molecule has 1 amide bonds. The highest BCUT2D eigenvalue weighted by Crippen LogP contribution is 2.06. The van der Waals surface area contributed by atoms with Gasteiger partial charge in [0.05, 0.1) is 26.2 Å². The Hall–Kier alpha value is -0.250. The lowest BCUT2D eigenvalue weighted by Crippen LogP contribution is -3.00. The Balaban J connectivity index is 0. The van der Waals surface area contributed by atoms with Gasteiger partial charge < -0.3 is 22.2 Å². The molecule has 0 saturated carbocycles. The molecule has 1 N–H and O–H groups in total. The first-order valence-corrected chi connectivity index (χ1v) is 7.53. The Morgan fingerprint density at radius 3 is 2.26 bits per heavy atom. The minimum absolute atomic E-state index is 0. The van der Waals surface area contributed by atoms with E-state index in [1.54, 1.807) is 6.08 Å². The predicted octanol–water partition coefficient (Wildman–Crippen LogP) is -0.442. The van der Waals surface area contributed by atoms with Gasteiger partial charge in [-0.1, -0.05) is 6.08 Å². The van der Waals surface area contributed by atoms with Crippen LogP contribution in [0.2, 0.25) is 0 Å². The zero-order valence-corrected chi connectivity index (χ0v) is 13.9. The van der Waals surface area contributed by atoms with E-state index in [1.165, 1.54) is 0 Å². The van der Waals surface area contributed by atoms with Gasteiger partial charge in [-0.3, -0.25) is 4.79 Å². The molecule has 5 heteroatoms. The lowest BCUT2D eigenvalue weighted by molar-refractivity contribution is -0.923. The number of amides is 1. The maximum Gasteiger partial charge on any atom is 0.243 e. The van der Waals surface area contributed by atoms with E-state index in [2.05, 4.69) is 26.1 Å². The van der Waals surface area contributed by atoms with Crippen molar-refractivity contribution in [2.45, 2.75) is 33.6 Å². The SMILES string of the molecule is CC[N+](CC)(CC)CCCNC(=O)C=CCCCl.[Cl-]. The number of quaternary nitrogens is 1. The quantitative estimate of drug-likeness (QED) is 0.252. The summed E-state index contributed by atoms with van der Waals surface area (Å²) in [7, 11) is 0. The predicted molar refractivity (Wildman–Crippen MR) is 78.9 cm³/mol. The third-order valence-electron chi connectivity index (χ3n) is 3.67. The number of alkyl halides is 1. The van der Waals surface area contributed by atoms with Crippen LogP contribution in [0.3, 0.4) is 0 Å². The minimum atomic E-state index is -0.0114. The first-order chi connectivity index (χ1) is 8.64. The average molecular weight is 311 g/mol. The van der Waals surface area contributed by atoms with Gasteiger partial charge in [0.1, 0.15) is 0 Å². The smallest absolute Gasteiger partial charge is 0.243 e. The van der Waals surface area contributed by atoms with Crippen LogP contribution in [0.25, 0.3) is 0 Å². The van der Waals surface area contributed by atoms with E-state index in [0.29, 0.717) is 5.88 Å². The van der Waals surface area contributed by atoms with Gasteiger partial charge in [-0.2, -0.15) is 0 Å². The molecule has 0 radical (unpaired) electrons. The van der Waals surface area contributed by atoms with Gasteiger partial charge >= 0.3 is 0 Å². The molecule has 0 atom stereocenters. The summed E-state index contributed by atoms with van der Waals surface area (Å²) in [5.41, 5.74) is 0. The third kappa shape index (κ3) is 9.31. The summed E-state index contributed by atoms with van der Waals surface area (Å²) >= 11 is 5.52. The van der Waals surface area contributed by atoms with Crippen molar-refractivity contribution < 1.29 is 21.7 Å². The number of hydrogen-bond donors (Lipinski definition) is 1. The molecule has 0 saturated heterocycles. The molecule has 0 rings (SSSR count). The first kappa shape index (κ1) is 21.1. The van der Waals surface area contributed by atoms with E-state index >= 15 is 0 Å². The van der Waals surface area contributed by atoms with E-state index in [-0.39, 0.29) is 18.3 Å². The molecule has 0 bridgehead atoms. The number of carbonyl (C=O) groups excluding carboxylic acids is 1. The van der Waals surface area contributed by atoms with Crippen molar-refractivity contribution in [2.24, 2.45) is 0 Å². The maximum absolute atomic E-state index is 11.4. The normalized spacial score (nSPS) is 11.4. The van der Waals surface area contributed by atoms with Crippen LogP contribution in [-0.2, 0) is 4.79 Å². The standard InChI is InChI=1S/C14H27ClN2O.ClH/c1-4-17(5-2,6-3)13-9-12-16-14(18)10-7-8-11-15;/h7,10H,4-6,8-9,11-13H2,1-3H3;1H. The second-order valence-corrected chi connectivity index (χ2v) is 4.92. The van der Waals surface area contributed by atoms with Gasteiger partial charge in [-0.05, 0) is 33.3 Å². The molecule has 0 aromatic rings. The zero-order chi connectivity index (χ0) is 13.9. The van der Waals surface area contributed by atoms with Gasteiger partial charge in [-0.25, -0.2) is 0 Å². The molecule has 19 heavy (non-hydrogen) atoms. The van der Waals surface area contributed by atoms with Crippen molar-refractivity contribution in [3.63, 3.8) is 0 Å². The average Bonchev–Trinajstić information content (AvgIpc) is 2.40. The van der Waals surface area contributed by atoms with Gasteiger partial charge in [0.25, 0.3) is 0 Å². The van der Waals surface area contributed by atoms with Crippen molar-refractivity contribution in [3.05, 3.63) is 12.2 Å². The molecule has 0 aromatic heterocycles. The van der Waals surface area contributed by atoms with Crippen LogP contribution in [0.15, 0.2) is 12.2 Å². The van der Waals surface area contributed by atoms with Crippen molar-refractivity contribution in [1.29, 1.82) is 0 Å². The first-order valence-electron chi connectivity index (χ1n) is 6.99. The van der Waals surface area contributed by atoms with Gasteiger partial charge in [0.2, 0.25) is 5.91 Å². The van der Waals surface area contributed by atoms with Crippen LogP contribution in [0, 0.1) is 0 Å².